The van der Waals surface area contributed by atoms with Crippen molar-refractivity contribution < 1.29 is 4.79 Å². The molecule has 3 rings (SSSR count). The number of carbonyl (C=O) groups is 1. The fourth-order valence-corrected chi connectivity index (χ4v) is 3.00. The Labute approximate surface area is 114 Å². The highest BCUT2D eigenvalue weighted by Crippen LogP contribution is 2.33. The van der Waals surface area contributed by atoms with Crippen LogP contribution in [0.4, 0.5) is 0 Å². The van der Waals surface area contributed by atoms with Crippen LogP contribution >= 0.6 is 0 Å². The second kappa shape index (κ2) is 5.33. The highest BCUT2D eigenvalue weighted by Gasteiger charge is 2.33. The molecule has 3 nitrogen and oxygen atoms in total. The zero-order valence-corrected chi connectivity index (χ0v) is 11.3. The molecule has 3 heteroatoms. The smallest absolute Gasteiger partial charge is 0.239 e. The van der Waals surface area contributed by atoms with E-state index in [2.05, 4.69) is 24.3 Å². The first-order valence-corrected chi connectivity index (χ1v) is 7.33. The third-order valence-electron chi connectivity index (χ3n) is 4.36. The largest absolute Gasteiger partial charge is 0.341 e. The van der Waals surface area contributed by atoms with E-state index in [1.54, 1.807) is 0 Å². The number of benzene rings is 1. The monoisotopic (exact) mass is 258 g/mol. The average Bonchev–Trinajstić information content (AvgIpc) is 3.26. The van der Waals surface area contributed by atoms with Crippen molar-refractivity contribution in [2.75, 3.05) is 13.1 Å². The summed E-state index contributed by atoms with van der Waals surface area (Å²) in [5.74, 6) is 1.32. The Balaban J connectivity index is 1.71. The van der Waals surface area contributed by atoms with Crippen LogP contribution in [0.15, 0.2) is 30.3 Å². The number of amides is 1. The summed E-state index contributed by atoms with van der Waals surface area (Å²) in [7, 11) is 0. The molecule has 2 N–H and O–H groups in total. The number of nitrogens with two attached hydrogens (primary N) is 1. The van der Waals surface area contributed by atoms with Gasteiger partial charge in [0, 0.05) is 13.1 Å². The van der Waals surface area contributed by atoms with E-state index >= 15 is 0 Å². The highest BCUT2D eigenvalue weighted by atomic mass is 16.2. The van der Waals surface area contributed by atoms with Crippen LogP contribution in [0.1, 0.15) is 37.2 Å². The molecule has 1 saturated carbocycles. The maximum Gasteiger partial charge on any atom is 0.239 e. The van der Waals surface area contributed by atoms with Crippen LogP contribution < -0.4 is 5.73 Å². The molecule has 1 amide bonds. The van der Waals surface area contributed by atoms with Gasteiger partial charge in [0.25, 0.3) is 0 Å². The standard InChI is InChI=1S/C16H22N2O/c17-15-10-14(13-4-2-1-3-5-13)8-9-18(16(15)19)11-12-6-7-12/h1-5,12,14-15H,6-11,17H2/t14-,15+/m0/s1. The SMILES string of the molecule is N[C@@H]1C[C@@H](c2ccccc2)CCN(CC2CC2)C1=O. The van der Waals surface area contributed by atoms with Crippen LogP contribution in [0.25, 0.3) is 0 Å². The van der Waals surface area contributed by atoms with Crippen molar-refractivity contribution in [3.8, 4) is 0 Å². The summed E-state index contributed by atoms with van der Waals surface area (Å²) in [5.41, 5.74) is 7.42. The first-order chi connectivity index (χ1) is 9.24. The van der Waals surface area contributed by atoms with Gasteiger partial charge in [-0.05, 0) is 43.1 Å². The van der Waals surface area contributed by atoms with Gasteiger partial charge in [0.15, 0.2) is 0 Å². The lowest BCUT2D eigenvalue weighted by Crippen LogP contribution is -2.43. The molecule has 2 fully saturated rings. The van der Waals surface area contributed by atoms with Crippen LogP contribution in [0.3, 0.4) is 0 Å². The van der Waals surface area contributed by atoms with E-state index in [-0.39, 0.29) is 11.9 Å². The second-order valence-electron chi connectivity index (χ2n) is 5.97. The van der Waals surface area contributed by atoms with Crippen LogP contribution in [0.2, 0.25) is 0 Å². The molecule has 0 bridgehead atoms. The van der Waals surface area contributed by atoms with E-state index < -0.39 is 0 Å². The third-order valence-corrected chi connectivity index (χ3v) is 4.36. The van der Waals surface area contributed by atoms with Gasteiger partial charge in [-0.25, -0.2) is 0 Å². The van der Waals surface area contributed by atoms with Gasteiger partial charge in [-0.15, -0.1) is 0 Å². The molecular weight excluding hydrogens is 236 g/mol. The summed E-state index contributed by atoms with van der Waals surface area (Å²) in [4.78, 5) is 14.3. The predicted octanol–water partition coefficient (Wildman–Crippen LogP) is 2.13. The molecule has 0 spiro atoms. The Hall–Kier alpha value is -1.35. The molecule has 2 aliphatic rings. The normalized spacial score (nSPS) is 28.3. The van der Waals surface area contributed by atoms with E-state index in [9.17, 15) is 4.79 Å². The molecule has 0 radical (unpaired) electrons. The van der Waals surface area contributed by atoms with Crippen molar-refractivity contribution >= 4 is 5.91 Å². The third kappa shape index (κ3) is 2.98. The van der Waals surface area contributed by atoms with Gasteiger partial charge in [-0.3, -0.25) is 4.79 Å². The Bertz CT molecular complexity index is 441. The summed E-state index contributed by atoms with van der Waals surface area (Å²) < 4.78 is 0. The average molecular weight is 258 g/mol. The summed E-state index contributed by atoms with van der Waals surface area (Å²) in [6.07, 6.45) is 4.38. The van der Waals surface area contributed by atoms with Crippen molar-refractivity contribution in [1.29, 1.82) is 0 Å². The van der Waals surface area contributed by atoms with Gasteiger partial charge in [0.05, 0.1) is 6.04 Å². The zero-order chi connectivity index (χ0) is 13.2. The first-order valence-electron chi connectivity index (χ1n) is 7.33. The number of likely N-dealkylation sites (tertiary alicyclic amines) is 1. The maximum atomic E-state index is 12.3. The lowest BCUT2D eigenvalue weighted by atomic mass is 9.90. The Morgan fingerprint density at radius 1 is 1.16 bits per heavy atom. The van der Waals surface area contributed by atoms with Crippen LogP contribution in [0, 0.1) is 5.92 Å². The molecule has 2 atom stereocenters. The van der Waals surface area contributed by atoms with Gasteiger partial charge < -0.3 is 10.6 Å². The van der Waals surface area contributed by atoms with Gasteiger partial charge in [0.1, 0.15) is 0 Å². The predicted molar refractivity (Wildman–Crippen MR) is 75.7 cm³/mol. The van der Waals surface area contributed by atoms with Crippen LogP contribution in [0.5, 0.6) is 0 Å². The summed E-state index contributed by atoms with van der Waals surface area (Å²) in [6, 6.07) is 10.1. The minimum absolute atomic E-state index is 0.158. The summed E-state index contributed by atoms with van der Waals surface area (Å²) >= 11 is 0. The van der Waals surface area contributed by atoms with Gasteiger partial charge in [-0.1, -0.05) is 30.3 Å². The molecule has 0 aromatic heterocycles. The first kappa shape index (κ1) is 12.7. The van der Waals surface area contributed by atoms with Crippen LogP contribution in [-0.4, -0.2) is 29.9 Å². The minimum atomic E-state index is -0.327. The van der Waals surface area contributed by atoms with E-state index in [1.807, 2.05) is 11.0 Å². The fraction of sp³-hybridized carbons (Fsp3) is 0.562. The number of carbonyl (C=O) groups excluding carboxylic acids is 1. The molecule has 1 aliphatic carbocycles. The fourth-order valence-electron chi connectivity index (χ4n) is 3.00. The van der Waals surface area contributed by atoms with Gasteiger partial charge in [-0.2, -0.15) is 0 Å². The highest BCUT2D eigenvalue weighted by molar-refractivity contribution is 5.82. The quantitative estimate of drug-likeness (QED) is 0.902. The van der Waals surface area contributed by atoms with Gasteiger partial charge in [0.2, 0.25) is 5.91 Å². The number of hydrogen-bond donors (Lipinski definition) is 1. The molecule has 1 aliphatic heterocycles. The number of rotatable bonds is 3. The van der Waals surface area contributed by atoms with Gasteiger partial charge >= 0.3 is 0 Å². The summed E-state index contributed by atoms with van der Waals surface area (Å²) in [6.45, 7) is 1.79. The van der Waals surface area contributed by atoms with E-state index in [0.717, 1.165) is 31.8 Å². The molecule has 1 aromatic carbocycles. The van der Waals surface area contributed by atoms with Crippen LogP contribution in [-0.2, 0) is 4.79 Å². The van der Waals surface area contributed by atoms with Crippen molar-refractivity contribution in [1.82, 2.24) is 4.90 Å². The topological polar surface area (TPSA) is 46.3 Å². The number of nitrogens with zero attached hydrogens (tertiary/aromatic N) is 1. The summed E-state index contributed by atoms with van der Waals surface area (Å²) in [5, 5.41) is 0. The Kier molecular flexibility index (Phi) is 3.56. The lowest BCUT2D eigenvalue weighted by Gasteiger charge is -2.22. The van der Waals surface area contributed by atoms with Crippen molar-refractivity contribution in [3.05, 3.63) is 35.9 Å². The molecule has 1 heterocycles. The lowest BCUT2D eigenvalue weighted by molar-refractivity contribution is -0.132. The molecule has 102 valence electrons. The Morgan fingerprint density at radius 2 is 1.89 bits per heavy atom. The van der Waals surface area contributed by atoms with Crippen molar-refractivity contribution in [2.45, 2.75) is 37.6 Å². The number of hydrogen-bond acceptors (Lipinski definition) is 2. The minimum Gasteiger partial charge on any atom is -0.341 e. The van der Waals surface area contributed by atoms with Crippen molar-refractivity contribution in [3.63, 3.8) is 0 Å². The van der Waals surface area contributed by atoms with E-state index in [0.29, 0.717) is 5.92 Å². The molecule has 1 aromatic rings. The molecule has 19 heavy (non-hydrogen) atoms. The molecular formula is C16H22N2O. The second-order valence-corrected chi connectivity index (χ2v) is 5.97. The zero-order valence-electron chi connectivity index (χ0n) is 11.3. The molecule has 1 saturated heterocycles. The molecule has 0 unspecified atom stereocenters. The van der Waals surface area contributed by atoms with Crippen molar-refractivity contribution in [2.24, 2.45) is 11.7 Å². The Morgan fingerprint density at radius 3 is 2.58 bits per heavy atom. The maximum absolute atomic E-state index is 12.3. The van der Waals surface area contributed by atoms with E-state index in [4.69, 9.17) is 5.73 Å². The van der Waals surface area contributed by atoms with E-state index in [1.165, 1.54) is 18.4 Å².